The minimum absolute atomic E-state index is 0.186. The Morgan fingerprint density at radius 1 is 0.947 bits per heavy atom. The fraction of sp³-hybridized carbons (Fsp3) is 0.200. The molecule has 0 aliphatic heterocycles. The molecule has 19 heavy (non-hydrogen) atoms. The van der Waals surface area contributed by atoms with E-state index in [2.05, 4.69) is 10.6 Å². The van der Waals surface area contributed by atoms with E-state index in [9.17, 15) is 9.59 Å². The lowest BCUT2D eigenvalue weighted by Gasteiger charge is -2.08. The summed E-state index contributed by atoms with van der Waals surface area (Å²) in [6.07, 6.45) is 1.93. The number of nitrogens with one attached hydrogen (secondary N) is 2. The molecule has 1 aliphatic carbocycles. The third kappa shape index (κ3) is 2.57. The van der Waals surface area contributed by atoms with Crippen LogP contribution in [-0.4, -0.2) is 17.9 Å². The second-order valence-corrected chi connectivity index (χ2v) is 4.73. The zero-order chi connectivity index (χ0) is 13.2. The predicted molar refractivity (Wildman–Crippen MR) is 73.7 cm³/mol. The number of rotatable bonds is 2. The van der Waals surface area contributed by atoms with Gasteiger partial charge in [-0.25, -0.2) is 0 Å². The van der Waals surface area contributed by atoms with Crippen LogP contribution in [-0.2, 0) is 9.59 Å². The van der Waals surface area contributed by atoms with Crippen molar-refractivity contribution < 1.29 is 9.59 Å². The molecule has 1 saturated carbocycles. The molecule has 2 amide bonds. The Bertz CT molecular complexity index is 642. The fourth-order valence-corrected chi connectivity index (χ4v) is 1.99. The van der Waals surface area contributed by atoms with Crippen LogP contribution in [0.4, 0.5) is 5.69 Å². The molecule has 1 fully saturated rings. The van der Waals surface area contributed by atoms with E-state index in [1.807, 2.05) is 36.4 Å². The van der Waals surface area contributed by atoms with Crippen molar-refractivity contribution in [3.05, 3.63) is 42.5 Å². The lowest BCUT2D eigenvalue weighted by atomic mass is 10.1. The highest BCUT2D eigenvalue weighted by atomic mass is 16.2. The minimum atomic E-state index is -0.608. The van der Waals surface area contributed by atoms with Gasteiger partial charge in [0.25, 0.3) is 0 Å². The molecule has 4 heteroatoms. The molecule has 0 unspecified atom stereocenters. The molecule has 2 aromatic rings. The van der Waals surface area contributed by atoms with Crippen LogP contribution in [0.15, 0.2) is 42.5 Å². The van der Waals surface area contributed by atoms with E-state index in [4.69, 9.17) is 0 Å². The van der Waals surface area contributed by atoms with E-state index < -0.39 is 11.8 Å². The summed E-state index contributed by atoms with van der Waals surface area (Å²) in [5, 5.41) is 7.30. The monoisotopic (exact) mass is 254 g/mol. The van der Waals surface area contributed by atoms with Gasteiger partial charge in [0, 0.05) is 17.1 Å². The molecule has 0 aromatic heterocycles. The summed E-state index contributed by atoms with van der Waals surface area (Å²) in [6.45, 7) is 0. The van der Waals surface area contributed by atoms with Crippen LogP contribution < -0.4 is 10.6 Å². The third-order valence-corrected chi connectivity index (χ3v) is 3.16. The number of hydrogen-bond donors (Lipinski definition) is 2. The number of benzene rings is 2. The van der Waals surface area contributed by atoms with E-state index in [1.165, 1.54) is 0 Å². The summed E-state index contributed by atoms with van der Waals surface area (Å²) >= 11 is 0. The standard InChI is InChI=1S/C15H14N2O2/c18-14(16-11-8-9-11)15(19)17-13-7-3-5-10-4-1-2-6-12(10)13/h1-7,11H,8-9H2,(H,16,18)(H,17,19). The van der Waals surface area contributed by atoms with Gasteiger partial charge in [-0.2, -0.15) is 0 Å². The van der Waals surface area contributed by atoms with Crippen molar-refractivity contribution >= 4 is 28.3 Å². The van der Waals surface area contributed by atoms with Crippen molar-refractivity contribution in [1.29, 1.82) is 0 Å². The second kappa shape index (κ2) is 4.72. The normalized spacial score (nSPS) is 14.1. The Morgan fingerprint density at radius 2 is 1.68 bits per heavy atom. The average Bonchev–Trinajstić information content (AvgIpc) is 3.23. The van der Waals surface area contributed by atoms with Crippen molar-refractivity contribution in [2.75, 3.05) is 5.32 Å². The first-order valence-corrected chi connectivity index (χ1v) is 6.33. The van der Waals surface area contributed by atoms with Crippen LogP contribution in [0.25, 0.3) is 10.8 Å². The minimum Gasteiger partial charge on any atom is -0.345 e. The van der Waals surface area contributed by atoms with E-state index in [0.717, 1.165) is 23.6 Å². The molecule has 0 spiro atoms. The van der Waals surface area contributed by atoms with Crippen molar-refractivity contribution in [1.82, 2.24) is 5.32 Å². The fourth-order valence-electron chi connectivity index (χ4n) is 1.99. The highest BCUT2D eigenvalue weighted by molar-refractivity contribution is 6.40. The Labute approximate surface area is 110 Å². The van der Waals surface area contributed by atoms with Gasteiger partial charge in [-0.3, -0.25) is 9.59 Å². The van der Waals surface area contributed by atoms with Gasteiger partial charge in [-0.05, 0) is 24.3 Å². The highest BCUT2D eigenvalue weighted by Gasteiger charge is 2.26. The van der Waals surface area contributed by atoms with E-state index in [-0.39, 0.29) is 6.04 Å². The Morgan fingerprint density at radius 3 is 2.47 bits per heavy atom. The largest absolute Gasteiger partial charge is 0.345 e. The van der Waals surface area contributed by atoms with Crippen molar-refractivity contribution in [2.45, 2.75) is 18.9 Å². The maximum atomic E-state index is 11.8. The molecule has 0 atom stereocenters. The van der Waals surface area contributed by atoms with Gasteiger partial charge >= 0.3 is 11.8 Å². The molecule has 1 aliphatic rings. The summed E-state index contributed by atoms with van der Waals surface area (Å²) in [4.78, 5) is 23.4. The van der Waals surface area contributed by atoms with Crippen molar-refractivity contribution in [3.63, 3.8) is 0 Å². The molecule has 0 heterocycles. The molecule has 96 valence electrons. The lowest BCUT2D eigenvalue weighted by Crippen LogP contribution is -2.36. The van der Waals surface area contributed by atoms with Crippen molar-refractivity contribution in [2.24, 2.45) is 0 Å². The van der Waals surface area contributed by atoms with E-state index in [0.29, 0.717) is 5.69 Å². The number of amides is 2. The van der Waals surface area contributed by atoms with Crippen LogP contribution in [0.5, 0.6) is 0 Å². The molecule has 3 rings (SSSR count). The molecule has 0 bridgehead atoms. The summed E-state index contributed by atoms with van der Waals surface area (Å²) in [7, 11) is 0. The number of anilines is 1. The molecular formula is C15H14N2O2. The maximum Gasteiger partial charge on any atom is 0.313 e. The van der Waals surface area contributed by atoms with Crippen LogP contribution in [0.2, 0.25) is 0 Å². The Hall–Kier alpha value is -2.36. The number of fused-ring (bicyclic) bond motifs is 1. The van der Waals surface area contributed by atoms with Gasteiger partial charge < -0.3 is 10.6 Å². The molecule has 2 aromatic carbocycles. The van der Waals surface area contributed by atoms with Gasteiger partial charge in [-0.15, -0.1) is 0 Å². The summed E-state index contributed by atoms with van der Waals surface area (Å²) < 4.78 is 0. The molecule has 0 radical (unpaired) electrons. The topological polar surface area (TPSA) is 58.2 Å². The number of carbonyl (C=O) groups excluding carboxylic acids is 2. The first-order chi connectivity index (χ1) is 9.24. The van der Waals surface area contributed by atoms with Gasteiger partial charge in [0.05, 0.1) is 0 Å². The lowest BCUT2D eigenvalue weighted by molar-refractivity contribution is -0.136. The summed E-state index contributed by atoms with van der Waals surface area (Å²) in [5.41, 5.74) is 0.661. The predicted octanol–water partition coefficient (Wildman–Crippen LogP) is 2.06. The molecule has 0 saturated heterocycles. The van der Waals surface area contributed by atoms with E-state index in [1.54, 1.807) is 6.07 Å². The first-order valence-electron chi connectivity index (χ1n) is 6.33. The SMILES string of the molecule is O=C(Nc1cccc2ccccc12)C(=O)NC1CC1. The van der Waals surface area contributed by atoms with E-state index >= 15 is 0 Å². The van der Waals surface area contributed by atoms with Crippen molar-refractivity contribution in [3.8, 4) is 0 Å². The molecule has 2 N–H and O–H groups in total. The zero-order valence-electron chi connectivity index (χ0n) is 10.3. The van der Waals surface area contributed by atoms with Gasteiger partial charge in [0.1, 0.15) is 0 Å². The van der Waals surface area contributed by atoms with Crippen LogP contribution >= 0.6 is 0 Å². The first kappa shape index (κ1) is 11.7. The Balaban J connectivity index is 1.80. The number of hydrogen-bond acceptors (Lipinski definition) is 2. The summed E-state index contributed by atoms with van der Waals surface area (Å²) in [5.74, 6) is -1.17. The summed E-state index contributed by atoms with van der Waals surface area (Å²) in [6, 6.07) is 13.5. The molecule has 4 nitrogen and oxygen atoms in total. The van der Waals surface area contributed by atoms with Gasteiger partial charge in [0.2, 0.25) is 0 Å². The second-order valence-electron chi connectivity index (χ2n) is 4.73. The molecular weight excluding hydrogens is 240 g/mol. The van der Waals surface area contributed by atoms with Gasteiger partial charge in [-0.1, -0.05) is 36.4 Å². The highest BCUT2D eigenvalue weighted by Crippen LogP contribution is 2.23. The van der Waals surface area contributed by atoms with Gasteiger partial charge in [0.15, 0.2) is 0 Å². The zero-order valence-corrected chi connectivity index (χ0v) is 10.3. The maximum absolute atomic E-state index is 11.8. The quantitative estimate of drug-likeness (QED) is 0.806. The van der Waals surface area contributed by atoms with Crippen LogP contribution in [0.3, 0.4) is 0 Å². The average molecular weight is 254 g/mol. The smallest absolute Gasteiger partial charge is 0.313 e. The van der Waals surface area contributed by atoms with Crippen LogP contribution in [0.1, 0.15) is 12.8 Å². The third-order valence-electron chi connectivity index (χ3n) is 3.16. The Kier molecular flexibility index (Phi) is 2.91. The number of carbonyl (C=O) groups is 2. The van der Waals surface area contributed by atoms with Crippen LogP contribution in [0, 0.1) is 0 Å².